The number of ether oxygens (including phenoxy) is 2. The number of carbonyl (C=O) groups excluding carboxylic acids is 1. The molecule has 2 aromatic rings. The Balaban J connectivity index is 0.00000300. The number of amides is 1. The Hall–Kier alpha value is -2.17. The molecular weight excluding hydrogens is 424 g/mol. The van der Waals surface area contributed by atoms with Gasteiger partial charge in [0.25, 0.3) is 5.91 Å². The normalized spacial score (nSPS) is 16.2. The zero-order valence-corrected chi connectivity index (χ0v) is 17.4. The van der Waals surface area contributed by atoms with Crippen LogP contribution in [0.5, 0.6) is 5.75 Å². The fourth-order valence-corrected chi connectivity index (χ4v) is 4.65. The maximum absolute atomic E-state index is 13.3. The summed E-state index contributed by atoms with van der Waals surface area (Å²) in [7, 11) is -2.32. The molecule has 1 fully saturated rings. The Kier molecular flexibility index (Phi) is 7.61. The number of hydrogen-bond donors (Lipinski definition) is 1. The fourth-order valence-electron chi connectivity index (χ4n) is 3.00. The van der Waals surface area contributed by atoms with Crippen molar-refractivity contribution in [1.29, 1.82) is 0 Å². The second-order valence-corrected chi connectivity index (χ2v) is 8.52. The summed E-state index contributed by atoms with van der Waals surface area (Å²) < 4.78 is 62.4. The molecule has 0 aliphatic carbocycles. The van der Waals surface area contributed by atoms with Gasteiger partial charge >= 0.3 is 0 Å². The van der Waals surface area contributed by atoms with Crippen LogP contribution >= 0.6 is 13.5 Å². The van der Waals surface area contributed by atoms with E-state index in [-0.39, 0.29) is 47.1 Å². The second kappa shape index (κ2) is 9.55. The smallest absolute Gasteiger partial charge is 0.259 e. The Labute approximate surface area is 174 Å². The Bertz CT molecular complexity index is 972. The summed E-state index contributed by atoms with van der Waals surface area (Å²) in [5.41, 5.74) is -0.156. The van der Waals surface area contributed by atoms with Crippen molar-refractivity contribution >= 4 is 34.9 Å². The van der Waals surface area contributed by atoms with E-state index in [1.165, 1.54) is 25.3 Å². The van der Waals surface area contributed by atoms with Crippen LogP contribution in [0, 0.1) is 17.6 Å². The monoisotopic (exact) mass is 445 g/mol. The van der Waals surface area contributed by atoms with E-state index in [0.717, 1.165) is 12.1 Å². The summed E-state index contributed by atoms with van der Waals surface area (Å²) in [4.78, 5) is 12.6. The number of sulfone groups is 1. The standard InChI is InChI=1S/C19H19F2NO5S.H2S/c1-26-18-3-2-16(28(24,25)11-12-4-5-27-10-12)9-17(18)19(23)22-15-7-13(20)6-14(21)8-15;/h2-3,6-9,12H,4-5,10-11H2,1H3,(H,22,23);1H2/t12-;/m0./s1. The number of benzene rings is 2. The SMILES string of the molecule is COc1ccc(S(=O)(=O)C[C@H]2CCOC2)cc1C(=O)Nc1cc(F)cc(F)c1.S. The van der Waals surface area contributed by atoms with Gasteiger partial charge in [0.2, 0.25) is 0 Å². The molecule has 0 bridgehead atoms. The quantitative estimate of drug-likeness (QED) is 0.739. The Morgan fingerprint density at radius 1 is 1.21 bits per heavy atom. The summed E-state index contributed by atoms with van der Waals surface area (Å²) in [6, 6.07) is 6.52. The van der Waals surface area contributed by atoms with Crippen LogP contribution in [0.15, 0.2) is 41.3 Å². The molecule has 10 heteroatoms. The number of nitrogens with one attached hydrogen (secondary N) is 1. The van der Waals surface area contributed by atoms with Crippen LogP contribution in [0.3, 0.4) is 0 Å². The van der Waals surface area contributed by atoms with Gasteiger partial charge in [-0.1, -0.05) is 0 Å². The van der Waals surface area contributed by atoms with E-state index in [4.69, 9.17) is 9.47 Å². The summed E-state index contributed by atoms with van der Waals surface area (Å²) in [6.07, 6.45) is 0.661. The van der Waals surface area contributed by atoms with E-state index in [1.807, 2.05) is 0 Å². The van der Waals surface area contributed by atoms with Crippen molar-refractivity contribution in [2.75, 3.05) is 31.4 Å². The van der Waals surface area contributed by atoms with Gasteiger partial charge < -0.3 is 14.8 Å². The third kappa shape index (κ3) is 5.68. The van der Waals surface area contributed by atoms with E-state index in [1.54, 1.807) is 0 Å². The van der Waals surface area contributed by atoms with Gasteiger partial charge in [0.05, 0.1) is 29.9 Å². The molecule has 1 saturated heterocycles. The predicted molar refractivity (Wildman–Crippen MR) is 109 cm³/mol. The highest BCUT2D eigenvalue weighted by Gasteiger charge is 2.26. The molecule has 3 rings (SSSR count). The highest BCUT2D eigenvalue weighted by Crippen LogP contribution is 2.26. The van der Waals surface area contributed by atoms with Crippen LogP contribution in [0.2, 0.25) is 0 Å². The van der Waals surface area contributed by atoms with E-state index >= 15 is 0 Å². The molecule has 0 unspecified atom stereocenters. The molecule has 1 aliphatic rings. The van der Waals surface area contributed by atoms with Crippen molar-refractivity contribution < 1.29 is 31.5 Å². The van der Waals surface area contributed by atoms with Crippen molar-refractivity contribution in [3.63, 3.8) is 0 Å². The third-order valence-corrected chi connectivity index (χ3v) is 6.26. The maximum atomic E-state index is 13.3. The average Bonchev–Trinajstić information content (AvgIpc) is 3.12. The lowest BCUT2D eigenvalue weighted by atomic mass is 10.1. The maximum Gasteiger partial charge on any atom is 0.259 e. The summed E-state index contributed by atoms with van der Waals surface area (Å²) >= 11 is 0. The summed E-state index contributed by atoms with van der Waals surface area (Å²) in [5, 5.41) is 2.35. The molecule has 6 nitrogen and oxygen atoms in total. The van der Waals surface area contributed by atoms with Gasteiger partial charge in [0.1, 0.15) is 17.4 Å². The second-order valence-electron chi connectivity index (χ2n) is 6.49. The minimum Gasteiger partial charge on any atom is -0.496 e. The molecule has 0 spiro atoms. The molecule has 0 radical (unpaired) electrons. The number of rotatable bonds is 6. The molecule has 1 heterocycles. The fraction of sp³-hybridized carbons (Fsp3) is 0.316. The van der Waals surface area contributed by atoms with E-state index in [9.17, 15) is 22.0 Å². The number of anilines is 1. The van der Waals surface area contributed by atoms with Crippen LogP contribution in [-0.2, 0) is 14.6 Å². The molecule has 1 N–H and O–H groups in total. The van der Waals surface area contributed by atoms with Crippen molar-refractivity contribution in [3.8, 4) is 5.75 Å². The molecule has 1 amide bonds. The van der Waals surface area contributed by atoms with Gasteiger partial charge in [-0.2, -0.15) is 13.5 Å². The number of carbonyl (C=O) groups is 1. The van der Waals surface area contributed by atoms with Gasteiger partial charge in [-0.25, -0.2) is 17.2 Å². The first kappa shape index (κ1) is 23.1. The molecule has 0 aromatic heterocycles. The van der Waals surface area contributed by atoms with Crippen molar-refractivity contribution in [2.45, 2.75) is 11.3 Å². The third-order valence-electron chi connectivity index (χ3n) is 4.37. The van der Waals surface area contributed by atoms with Crippen LogP contribution in [0.25, 0.3) is 0 Å². The van der Waals surface area contributed by atoms with Gasteiger partial charge in [-0.3, -0.25) is 4.79 Å². The lowest BCUT2D eigenvalue weighted by Gasteiger charge is -2.13. The molecule has 29 heavy (non-hydrogen) atoms. The molecule has 1 aliphatic heterocycles. The van der Waals surface area contributed by atoms with E-state index in [0.29, 0.717) is 25.7 Å². The summed E-state index contributed by atoms with van der Waals surface area (Å²) in [6.45, 7) is 0.911. The van der Waals surface area contributed by atoms with Gasteiger partial charge in [0.15, 0.2) is 9.84 Å². The first-order valence-corrected chi connectivity index (χ1v) is 10.2. The predicted octanol–water partition coefficient (Wildman–Crippen LogP) is 3.15. The zero-order chi connectivity index (χ0) is 20.3. The molecule has 158 valence electrons. The molecule has 0 saturated carbocycles. The average molecular weight is 446 g/mol. The molecule has 1 atom stereocenters. The van der Waals surface area contributed by atoms with Crippen LogP contribution in [-0.4, -0.2) is 40.4 Å². The first-order valence-electron chi connectivity index (χ1n) is 8.54. The number of hydrogen-bond acceptors (Lipinski definition) is 5. The molecular formula is C19H21F2NO5S2. The van der Waals surface area contributed by atoms with Gasteiger partial charge in [-0.15, -0.1) is 0 Å². The van der Waals surface area contributed by atoms with E-state index in [2.05, 4.69) is 5.32 Å². The van der Waals surface area contributed by atoms with Crippen molar-refractivity contribution in [2.24, 2.45) is 5.92 Å². The largest absolute Gasteiger partial charge is 0.496 e. The minimum absolute atomic E-state index is 0. The Morgan fingerprint density at radius 3 is 2.48 bits per heavy atom. The van der Waals surface area contributed by atoms with Crippen molar-refractivity contribution in [3.05, 3.63) is 53.6 Å². The summed E-state index contributed by atoms with van der Waals surface area (Å²) in [5.74, 6) is -2.50. The number of methoxy groups -OCH3 is 1. The van der Waals surface area contributed by atoms with Crippen LogP contribution in [0.1, 0.15) is 16.8 Å². The van der Waals surface area contributed by atoms with Crippen LogP contribution < -0.4 is 10.1 Å². The van der Waals surface area contributed by atoms with Gasteiger partial charge in [-0.05, 0) is 42.7 Å². The lowest BCUT2D eigenvalue weighted by Crippen LogP contribution is -2.18. The molecule has 2 aromatic carbocycles. The Morgan fingerprint density at radius 2 is 1.90 bits per heavy atom. The zero-order valence-electron chi connectivity index (χ0n) is 15.6. The van der Waals surface area contributed by atoms with E-state index < -0.39 is 27.4 Å². The van der Waals surface area contributed by atoms with Crippen molar-refractivity contribution in [1.82, 2.24) is 0 Å². The lowest BCUT2D eigenvalue weighted by molar-refractivity contribution is 0.102. The van der Waals surface area contributed by atoms with Crippen LogP contribution in [0.4, 0.5) is 14.5 Å². The van der Waals surface area contributed by atoms with Gasteiger partial charge in [0, 0.05) is 18.4 Å². The number of halogens is 2. The first-order chi connectivity index (χ1) is 13.3. The topological polar surface area (TPSA) is 81.7 Å². The highest BCUT2D eigenvalue weighted by atomic mass is 32.2. The highest BCUT2D eigenvalue weighted by molar-refractivity contribution is 7.91. The minimum atomic E-state index is -3.65.